The van der Waals surface area contributed by atoms with E-state index in [0.29, 0.717) is 11.3 Å². The Labute approximate surface area is 146 Å². The number of pyridine rings is 1. The number of nitrogens with one attached hydrogen (secondary N) is 1. The summed E-state index contributed by atoms with van der Waals surface area (Å²) >= 11 is 0. The van der Waals surface area contributed by atoms with E-state index in [4.69, 9.17) is 5.73 Å². The van der Waals surface area contributed by atoms with Gasteiger partial charge < -0.3 is 15.6 Å². The number of nitrogens with two attached hydrogens (primary N) is 1. The zero-order chi connectivity index (χ0) is 18.7. The number of carbonyl (C=O) groups is 2. The largest absolute Gasteiger partial charge is 0.365 e. The van der Waals surface area contributed by atoms with Crippen molar-refractivity contribution >= 4 is 17.5 Å². The van der Waals surface area contributed by atoms with Gasteiger partial charge in [-0.05, 0) is 43.0 Å². The Morgan fingerprint density at radius 3 is 2.44 bits per heavy atom. The molecule has 0 aliphatic carbocycles. The molecule has 2 amide bonds. The average molecular weight is 341 g/mol. The van der Waals surface area contributed by atoms with E-state index in [2.05, 4.69) is 5.32 Å². The fourth-order valence-electron chi connectivity index (χ4n) is 2.87. The summed E-state index contributed by atoms with van der Waals surface area (Å²) in [6.07, 6.45) is 0. The number of primary amides is 1. The maximum absolute atomic E-state index is 12.5. The molecule has 6 heteroatoms. The van der Waals surface area contributed by atoms with Crippen molar-refractivity contribution in [2.75, 3.05) is 5.32 Å². The minimum atomic E-state index is -0.790. The molecule has 0 bridgehead atoms. The van der Waals surface area contributed by atoms with Gasteiger partial charge in [0.2, 0.25) is 5.91 Å². The topological polar surface area (TPSA) is 94.2 Å². The number of aryl methyl sites for hydroxylation is 2. The third-order valence-corrected chi connectivity index (χ3v) is 4.11. The molecule has 1 aromatic carbocycles. The standard InChI is InChI=1S/C19H23N3O3/c1-11(2)14-7-5-6-8-15(14)21-16(23)10-22-13(4)9-12(3)17(18(20)24)19(22)25/h5-9,11H,10H2,1-4H3,(H2,20,24)(H,21,23). The Morgan fingerprint density at radius 2 is 1.84 bits per heavy atom. The fraction of sp³-hybridized carbons (Fsp3) is 0.316. The van der Waals surface area contributed by atoms with Crippen LogP contribution in [0.3, 0.4) is 0 Å². The summed E-state index contributed by atoms with van der Waals surface area (Å²) in [5.41, 5.74) is 7.50. The van der Waals surface area contributed by atoms with Gasteiger partial charge in [0.25, 0.3) is 11.5 Å². The van der Waals surface area contributed by atoms with Crippen molar-refractivity contribution in [1.29, 1.82) is 0 Å². The first-order chi connectivity index (χ1) is 11.7. The monoisotopic (exact) mass is 341 g/mol. The Kier molecular flexibility index (Phi) is 5.41. The van der Waals surface area contributed by atoms with E-state index in [1.54, 1.807) is 19.9 Å². The van der Waals surface area contributed by atoms with E-state index in [0.717, 1.165) is 11.3 Å². The average Bonchev–Trinajstić information content (AvgIpc) is 2.51. The number of nitrogens with zero attached hydrogens (tertiary/aromatic N) is 1. The van der Waals surface area contributed by atoms with Crippen LogP contribution < -0.4 is 16.6 Å². The SMILES string of the molecule is Cc1cc(C)n(CC(=O)Nc2ccccc2C(C)C)c(=O)c1C(N)=O. The highest BCUT2D eigenvalue weighted by Crippen LogP contribution is 2.23. The van der Waals surface area contributed by atoms with Crippen molar-refractivity contribution in [3.63, 3.8) is 0 Å². The van der Waals surface area contributed by atoms with Crippen molar-refractivity contribution < 1.29 is 9.59 Å². The second-order valence-corrected chi connectivity index (χ2v) is 6.39. The number of hydrogen-bond acceptors (Lipinski definition) is 3. The van der Waals surface area contributed by atoms with E-state index in [1.807, 2.05) is 38.1 Å². The van der Waals surface area contributed by atoms with Crippen LogP contribution in [0.15, 0.2) is 35.1 Å². The Bertz CT molecular complexity index is 882. The molecule has 0 spiro atoms. The van der Waals surface area contributed by atoms with E-state index >= 15 is 0 Å². The summed E-state index contributed by atoms with van der Waals surface area (Å²) < 4.78 is 1.26. The maximum atomic E-state index is 12.5. The Hall–Kier alpha value is -2.89. The number of hydrogen-bond donors (Lipinski definition) is 2. The molecule has 0 fully saturated rings. The molecule has 0 aliphatic rings. The van der Waals surface area contributed by atoms with Crippen LogP contribution in [0.25, 0.3) is 0 Å². The molecule has 0 unspecified atom stereocenters. The molecule has 1 aromatic heterocycles. The summed E-state index contributed by atoms with van der Waals surface area (Å²) in [6, 6.07) is 9.22. The molecule has 25 heavy (non-hydrogen) atoms. The summed E-state index contributed by atoms with van der Waals surface area (Å²) in [7, 11) is 0. The molecule has 0 aliphatic heterocycles. The molecule has 2 rings (SSSR count). The van der Waals surface area contributed by atoms with E-state index in [1.165, 1.54) is 4.57 Å². The first-order valence-corrected chi connectivity index (χ1v) is 8.12. The van der Waals surface area contributed by atoms with Crippen LogP contribution in [-0.2, 0) is 11.3 Å². The lowest BCUT2D eigenvalue weighted by atomic mass is 10.0. The predicted molar refractivity (Wildman–Crippen MR) is 97.9 cm³/mol. The van der Waals surface area contributed by atoms with Gasteiger partial charge >= 0.3 is 0 Å². The van der Waals surface area contributed by atoms with Gasteiger partial charge in [-0.1, -0.05) is 32.0 Å². The molecule has 0 saturated heterocycles. The van der Waals surface area contributed by atoms with Crippen molar-refractivity contribution in [2.45, 2.75) is 40.2 Å². The summed E-state index contributed by atoms with van der Waals surface area (Å²) in [4.78, 5) is 36.4. The molecule has 0 saturated carbocycles. The van der Waals surface area contributed by atoms with Crippen LogP contribution in [0.5, 0.6) is 0 Å². The van der Waals surface area contributed by atoms with Crippen LogP contribution in [0.4, 0.5) is 5.69 Å². The van der Waals surface area contributed by atoms with Crippen LogP contribution in [-0.4, -0.2) is 16.4 Å². The number of benzene rings is 1. The van der Waals surface area contributed by atoms with Crippen LogP contribution in [0.2, 0.25) is 0 Å². The molecule has 0 atom stereocenters. The highest BCUT2D eigenvalue weighted by molar-refractivity contribution is 5.94. The van der Waals surface area contributed by atoms with Crippen molar-refractivity contribution in [1.82, 2.24) is 4.57 Å². The number of aromatic nitrogens is 1. The number of carbonyl (C=O) groups excluding carboxylic acids is 2. The second kappa shape index (κ2) is 7.34. The van der Waals surface area contributed by atoms with Gasteiger partial charge in [0.1, 0.15) is 12.1 Å². The molecule has 132 valence electrons. The molecule has 6 nitrogen and oxygen atoms in total. The van der Waals surface area contributed by atoms with E-state index in [-0.39, 0.29) is 23.9 Å². The number of anilines is 1. The minimum Gasteiger partial charge on any atom is -0.365 e. The number of para-hydroxylation sites is 1. The van der Waals surface area contributed by atoms with Crippen LogP contribution in [0, 0.1) is 13.8 Å². The smallest absolute Gasteiger partial charge is 0.264 e. The molecule has 1 heterocycles. The first-order valence-electron chi connectivity index (χ1n) is 8.12. The van der Waals surface area contributed by atoms with Gasteiger partial charge in [0, 0.05) is 11.4 Å². The minimum absolute atomic E-state index is 0.0824. The van der Waals surface area contributed by atoms with Gasteiger partial charge in [-0.2, -0.15) is 0 Å². The Morgan fingerprint density at radius 1 is 1.20 bits per heavy atom. The van der Waals surface area contributed by atoms with Crippen LogP contribution >= 0.6 is 0 Å². The predicted octanol–water partition coefficient (Wildman–Crippen LogP) is 2.33. The molecule has 2 aromatic rings. The molecular weight excluding hydrogens is 318 g/mol. The quantitative estimate of drug-likeness (QED) is 0.874. The van der Waals surface area contributed by atoms with E-state index < -0.39 is 11.5 Å². The Balaban J connectivity index is 2.32. The lowest BCUT2D eigenvalue weighted by Gasteiger charge is -2.16. The summed E-state index contributed by atoms with van der Waals surface area (Å²) in [5, 5.41) is 2.84. The van der Waals surface area contributed by atoms with Crippen LogP contribution in [0.1, 0.15) is 46.9 Å². The van der Waals surface area contributed by atoms with Crippen molar-refractivity contribution in [3.05, 3.63) is 63.1 Å². The molecule has 0 radical (unpaired) electrons. The third kappa shape index (κ3) is 3.96. The highest BCUT2D eigenvalue weighted by atomic mass is 16.2. The first kappa shape index (κ1) is 18.4. The highest BCUT2D eigenvalue weighted by Gasteiger charge is 2.17. The van der Waals surface area contributed by atoms with Crippen molar-refractivity contribution in [3.8, 4) is 0 Å². The van der Waals surface area contributed by atoms with Gasteiger partial charge in [0.15, 0.2) is 0 Å². The van der Waals surface area contributed by atoms with Gasteiger partial charge in [-0.3, -0.25) is 14.4 Å². The van der Waals surface area contributed by atoms with Gasteiger partial charge in [-0.25, -0.2) is 0 Å². The van der Waals surface area contributed by atoms with Gasteiger partial charge in [-0.15, -0.1) is 0 Å². The summed E-state index contributed by atoms with van der Waals surface area (Å²) in [6.45, 7) is 7.27. The van der Waals surface area contributed by atoms with Crippen molar-refractivity contribution in [2.24, 2.45) is 5.73 Å². The maximum Gasteiger partial charge on any atom is 0.264 e. The van der Waals surface area contributed by atoms with E-state index in [9.17, 15) is 14.4 Å². The lowest BCUT2D eigenvalue weighted by Crippen LogP contribution is -2.35. The molecule has 3 N–H and O–H groups in total. The number of amides is 2. The second-order valence-electron chi connectivity index (χ2n) is 6.39. The normalized spacial score (nSPS) is 10.8. The number of rotatable bonds is 5. The third-order valence-electron chi connectivity index (χ3n) is 4.11. The zero-order valence-electron chi connectivity index (χ0n) is 14.9. The lowest BCUT2D eigenvalue weighted by molar-refractivity contribution is -0.116. The zero-order valence-corrected chi connectivity index (χ0v) is 14.9. The molecular formula is C19H23N3O3. The fourth-order valence-corrected chi connectivity index (χ4v) is 2.87. The summed E-state index contributed by atoms with van der Waals surface area (Å²) in [5.74, 6) is -0.874. The van der Waals surface area contributed by atoms with Gasteiger partial charge in [0.05, 0.1) is 0 Å².